The number of benzene rings is 1. The lowest BCUT2D eigenvalue weighted by atomic mass is 9.63. The number of nitrogens with two attached hydrogens (primary N) is 1. The van der Waals surface area contributed by atoms with Gasteiger partial charge in [-0.25, -0.2) is 9.97 Å². The van der Waals surface area contributed by atoms with Gasteiger partial charge in [-0.3, -0.25) is 0 Å². The van der Waals surface area contributed by atoms with Crippen LogP contribution in [0.25, 0.3) is 11.3 Å². The van der Waals surface area contributed by atoms with Gasteiger partial charge in [0.2, 0.25) is 0 Å². The number of anilines is 1. The molecule has 4 nitrogen and oxygen atoms in total. The third-order valence-electron chi connectivity index (χ3n) is 6.66. The van der Waals surface area contributed by atoms with Crippen LogP contribution in [-0.2, 0) is 10.8 Å². The van der Waals surface area contributed by atoms with Gasteiger partial charge in [0.1, 0.15) is 12.1 Å². The van der Waals surface area contributed by atoms with Crippen molar-refractivity contribution in [3.63, 3.8) is 0 Å². The first-order valence-electron chi connectivity index (χ1n) is 10.2. The fraction of sp³-hybridized carbons (Fsp3) is 0.565. The lowest BCUT2D eigenvalue weighted by molar-refractivity contribution is 0.332. The maximum Gasteiger partial charge on any atom is 0.132 e. The fourth-order valence-corrected chi connectivity index (χ4v) is 4.55. The molecule has 27 heavy (non-hydrogen) atoms. The van der Waals surface area contributed by atoms with Crippen molar-refractivity contribution in [3.8, 4) is 11.3 Å². The molecule has 0 spiro atoms. The first kappa shape index (κ1) is 18.4. The Morgan fingerprint density at radius 1 is 0.926 bits per heavy atom. The summed E-state index contributed by atoms with van der Waals surface area (Å²) < 4.78 is 0. The van der Waals surface area contributed by atoms with Gasteiger partial charge in [0.15, 0.2) is 0 Å². The van der Waals surface area contributed by atoms with Gasteiger partial charge in [-0.2, -0.15) is 0 Å². The number of hydrogen-bond donors (Lipinski definition) is 1. The van der Waals surface area contributed by atoms with E-state index in [0.29, 0.717) is 6.04 Å². The molecule has 1 aromatic carbocycles. The summed E-state index contributed by atoms with van der Waals surface area (Å²) in [6.07, 6.45) is 6.22. The highest BCUT2D eigenvalue weighted by molar-refractivity contribution is 5.65. The number of rotatable bonds is 2. The minimum atomic E-state index is 0.208. The summed E-state index contributed by atoms with van der Waals surface area (Å²) in [5, 5.41) is 0. The van der Waals surface area contributed by atoms with Crippen LogP contribution in [0.3, 0.4) is 0 Å². The Bertz CT molecular complexity index is 832. The predicted molar refractivity (Wildman–Crippen MR) is 112 cm³/mol. The molecule has 0 bridgehead atoms. The summed E-state index contributed by atoms with van der Waals surface area (Å²) in [7, 11) is 0. The molecule has 0 unspecified atom stereocenters. The maximum atomic E-state index is 6.05. The topological polar surface area (TPSA) is 55.0 Å². The number of fused-ring (bicyclic) bond motifs is 1. The summed E-state index contributed by atoms with van der Waals surface area (Å²) in [5.74, 6) is 1.02. The summed E-state index contributed by atoms with van der Waals surface area (Å²) in [6, 6.07) is 9.40. The zero-order valence-corrected chi connectivity index (χ0v) is 17.1. The second-order valence-electron chi connectivity index (χ2n) is 9.61. The lowest BCUT2D eigenvalue weighted by Gasteiger charge is -2.42. The van der Waals surface area contributed by atoms with Gasteiger partial charge in [0.25, 0.3) is 0 Å². The Morgan fingerprint density at radius 2 is 1.59 bits per heavy atom. The van der Waals surface area contributed by atoms with E-state index < -0.39 is 0 Å². The van der Waals surface area contributed by atoms with Crippen LogP contribution < -0.4 is 10.6 Å². The van der Waals surface area contributed by atoms with Gasteiger partial charge in [-0.05, 0) is 53.7 Å². The standard InChI is InChI=1S/C23H32N4/c1-22(2)9-10-23(3,4)19-13-16(5-6-18(19)22)20-14-21(26-15-25-20)27-11-7-17(24)8-12-27/h5-6,13-15,17H,7-12,24H2,1-4H3. The van der Waals surface area contributed by atoms with Gasteiger partial charge in [0.05, 0.1) is 5.69 Å². The van der Waals surface area contributed by atoms with E-state index in [1.54, 1.807) is 6.33 Å². The van der Waals surface area contributed by atoms with Gasteiger partial charge in [-0.15, -0.1) is 0 Å². The first-order chi connectivity index (χ1) is 12.8. The molecule has 2 N–H and O–H groups in total. The maximum absolute atomic E-state index is 6.05. The van der Waals surface area contributed by atoms with Gasteiger partial charge in [-0.1, -0.05) is 39.8 Å². The SMILES string of the molecule is CC1(C)CCC(C)(C)c2cc(-c3cc(N4CCC(N)CC4)ncn3)ccc21. The van der Waals surface area contributed by atoms with Crippen molar-refractivity contribution in [1.82, 2.24) is 9.97 Å². The van der Waals surface area contributed by atoms with Crippen molar-refractivity contribution < 1.29 is 0 Å². The Labute approximate surface area is 163 Å². The van der Waals surface area contributed by atoms with E-state index in [9.17, 15) is 0 Å². The highest BCUT2D eigenvalue weighted by Crippen LogP contribution is 2.46. The molecule has 0 atom stereocenters. The molecule has 1 aliphatic heterocycles. The average Bonchev–Trinajstić information content (AvgIpc) is 2.66. The van der Waals surface area contributed by atoms with E-state index in [1.165, 1.54) is 29.5 Å². The van der Waals surface area contributed by atoms with Gasteiger partial charge < -0.3 is 10.6 Å². The smallest absolute Gasteiger partial charge is 0.132 e. The average molecular weight is 365 g/mol. The summed E-state index contributed by atoms with van der Waals surface area (Å²) >= 11 is 0. The molecule has 1 fully saturated rings. The van der Waals surface area contributed by atoms with Crippen molar-refractivity contribution in [2.45, 2.75) is 70.3 Å². The molecule has 1 aliphatic carbocycles. The minimum absolute atomic E-state index is 0.208. The van der Waals surface area contributed by atoms with E-state index >= 15 is 0 Å². The molecule has 0 saturated carbocycles. The Balaban J connectivity index is 1.70. The highest BCUT2D eigenvalue weighted by atomic mass is 15.2. The van der Waals surface area contributed by atoms with E-state index in [2.05, 4.69) is 66.8 Å². The molecule has 2 aliphatic rings. The molecule has 2 heterocycles. The number of nitrogens with zero attached hydrogens (tertiary/aromatic N) is 3. The lowest BCUT2D eigenvalue weighted by Crippen LogP contribution is -2.40. The molecular weight excluding hydrogens is 332 g/mol. The predicted octanol–water partition coefficient (Wildman–Crippen LogP) is 4.42. The van der Waals surface area contributed by atoms with Crippen molar-refractivity contribution >= 4 is 5.82 Å². The van der Waals surface area contributed by atoms with Crippen molar-refractivity contribution in [1.29, 1.82) is 0 Å². The normalized spacial score (nSPS) is 21.7. The second kappa shape index (κ2) is 6.59. The van der Waals surface area contributed by atoms with Crippen LogP contribution in [0.5, 0.6) is 0 Å². The Hall–Kier alpha value is -1.94. The minimum Gasteiger partial charge on any atom is -0.356 e. The molecule has 0 amide bonds. The summed E-state index contributed by atoms with van der Waals surface area (Å²) in [4.78, 5) is 11.5. The van der Waals surface area contributed by atoms with E-state index in [-0.39, 0.29) is 10.8 Å². The Kier molecular flexibility index (Phi) is 4.50. The summed E-state index contributed by atoms with van der Waals surface area (Å²) in [6.45, 7) is 11.4. The van der Waals surface area contributed by atoms with Crippen LogP contribution >= 0.6 is 0 Å². The van der Waals surface area contributed by atoms with Crippen molar-refractivity contribution in [2.24, 2.45) is 5.73 Å². The molecular formula is C23H32N4. The molecule has 4 heteroatoms. The number of aromatic nitrogens is 2. The van der Waals surface area contributed by atoms with E-state index in [0.717, 1.165) is 37.4 Å². The zero-order chi connectivity index (χ0) is 19.2. The van der Waals surface area contributed by atoms with Crippen LogP contribution in [-0.4, -0.2) is 29.1 Å². The number of piperidine rings is 1. The van der Waals surface area contributed by atoms with Gasteiger partial charge in [0, 0.05) is 30.8 Å². The molecule has 0 radical (unpaired) electrons. The van der Waals surface area contributed by atoms with Crippen LogP contribution in [0.1, 0.15) is 64.5 Å². The van der Waals surface area contributed by atoms with Crippen LogP contribution in [0.4, 0.5) is 5.82 Å². The van der Waals surface area contributed by atoms with Crippen molar-refractivity contribution in [3.05, 3.63) is 41.7 Å². The molecule has 1 saturated heterocycles. The van der Waals surface area contributed by atoms with Crippen molar-refractivity contribution in [2.75, 3.05) is 18.0 Å². The Morgan fingerprint density at radius 3 is 2.30 bits per heavy atom. The summed E-state index contributed by atoms with van der Waals surface area (Å²) in [5.41, 5.74) is 11.7. The fourth-order valence-electron chi connectivity index (χ4n) is 4.55. The third kappa shape index (κ3) is 3.47. The van der Waals surface area contributed by atoms with Gasteiger partial charge >= 0.3 is 0 Å². The number of hydrogen-bond acceptors (Lipinski definition) is 4. The zero-order valence-electron chi connectivity index (χ0n) is 17.1. The molecule has 4 rings (SSSR count). The van der Waals surface area contributed by atoms with Crippen LogP contribution in [0.2, 0.25) is 0 Å². The second-order valence-corrected chi connectivity index (χ2v) is 9.61. The van der Waals surface area contributed by atoms with E-state index in [1.807, 2.05) is 0 Å². The first-order valence-corrected chi connectivity index (χ1v) is 10.2. The third-order valence-corrected chi connectivity index (χ3v) is 6.66. The highest BCUT2D eigenvalue weighted by Gasteiger charge is 2.37. The molecule has 2 aromatic rings. The largest absolute Gasteiger partial charge is 0.356 e. The monoisotopic (exact) mass is 364 g/mol. The van der Waals surface area contributed by atoms with Crippen LogP contribution in [0, 0.1) is 0 Å². The molecule has 1 aromatic heterocycles. The molecule has 144 valence electrons. The van der Waals surface area contributed by atoms with Crippen LogP contribution in [0.15, 0.2) is 30.6 Å². The van der Waals surface area contributed by atoms with E-state index in [4.69, 9.17) is 5.73 Å². The quantitative estimate of drug-likeness (QED) is 0.857.